The van der Waals surface area contributed by atoms with Gasteiger partial charge < -0.3 is 5.11 Å². The first kappa shape index (κ1) is 13.1. The first-order valence-corrected chi connectivity index (χ1v) is 5.64. The minimum Gasteiger partial charge on any atom is -0.477 e. The Kier molecular flexibility index (Phi) is 2.98. The van der Waals surface area contributed by atoms with Crippen LogP contribution >= 0.6 is 22.9 Å². The average Bonchev–Trinajstić information content (AvgIpc) is 2.56. The molecule has 0 aliphatic rings. The number of thiophene rings is 1. The summed E-state index contributed by atoms with van der Waals surface area (Å²) in [4.78, 5) is 10.3. The second-order valence-corrected chi connectivity index (χ2v) is 4.75. The Morgan fingerprint density at radius 2 is 1.94 bits per heavy atom. The zero-order valence-corrected chi connectivity index (χ0v) is 9.88. The highest BCUT2D eigenvalue weighted by Crippen LogP contribution is 2.43. The first-order valence-electron chi connectivity index (χ1n) is 4.44. The average molecular weight is 299 g/mol. The number of aromatic carboxylic acids is 1. The zero-order valence-electron chi connectivity index (χ0n) is 8.31. The van der Waals surface area contributed by atoms with Gasteiger partial charge in [-0.1, -0.05) is 11.6 Å². The van der Waals surface area contributed by atoms with Crippen molar-refractivity contribution in [1.82, 2.24) is 0 Å². The number of hydrogen-bond donors (Lipinski definition) is 1. The summed E-state index contributed by atoms with van der Waals surface area (Å²) < 4.78 is 51.0. The highest BCUT2D eigenvalue weighted by Gasteiger charge is 2.35. The third-order valence-corrected chi connectivity index (χ3v) is 3.93. The van der Waals surface area contributed by atoms with Gasteiger partial charge in [0.25, 0.3) is 0 Å². The van der Waals surface area contributed by atoms with E-state index in [-0.39, 0.29) is 0 Å². The topological polar surface area (TPSA) is 37.3 Å². The maximum absolute atomic E-state index is 13.5. The quantitative estimate of drug-likeness (QED) is 0.792. The fraction of sp³-hybridized carbons (Fsp3) is 0.100. The molecule has 0 atom stereocenters. The minimum atomic E-state index is -4.70. The largest absolute Gasteiger partial charge is 0.477 e. The molecule has 18 heavy (non-hydrogen) atoms. The second kappa shape index (κ2) is 4.10. The molecule has 0 bridgehead atoms. The Balaban J connectivity index is 2.91. The number of hydrogen-bond acceptors (Lipinski definition) is 2. The lowest BCUT2D eigenvalue weighted by Crippen LogP contribution is -2.05. The number of carboxylic acid groups (broad SMARTS) is 1. The smallest absolute Gasteiger partial charge is 0.417 e. The highest BCUT2D eigenvalue weighted by molar-refractivity contribution is 7.21. The van der Waals surface area contributed by atoms with E-state index < -0.39 is 43.5 Å². The lowest BCUT2D eigenvalue weighted by atomic mass is 10.1. The van der Waals surface area contributed by atoms with Gasteiger partial charge in [0.2, 0.25) is 0 Å². The number of carboxylic acids is 1. The van der Waals surface area contributed by atoms with Crippen LogP contribution in [-0.4, -0.2) is 11.1 Å². The maximum atomic E-state index is 13.5. The number of halogens is 5. The van der Waals surface area contributed by atoms with E-state index in [1.54, 1.807) is 0 Å². The fourth-order valence-electron chi connectivity index (χ4n) is 1.49. The van der Waals surface area contributed by atoms with Gasteiger partial charge in [-0.25, -0.2) is 9.18 Å². The summed E-state index contributed by atoms with van der Waals surface area (Å²) in [6, 6.07) is 1.19. The van der Waals surface area contributed by atoms with Crippen LogP contribution < -0.4 is 0 Å². The van der Waals surface area contributed by atoms with Crippen LogP contribution in [-0.2, 0) is 6.18 Å². The van der Waals surface area contributed by atoms with Gasteiger partial charge in [0, 0.05) is 5.39 Å². The number of rotatable bonds is 1. The Bertz CT molecular complexity index is 647. The molecule has 96 valence electrons. The van der Waals surface area contributed by atoms with Crippen molar-refractivity contribution in [1.29, 1.82) is 0 Å². The number of fused-ring (bicyclic) bond motifs is 1. The lowest BCUT2D eigenvalue weighted by molar-refractivity contribution is -0.136. The summed E-state index contributed by atoms with van der Waals surface area (Å²) in [5.41, 5.74) is -1.10. The SMILES string of the molecule is O=C(O)c1sc2c(C(F)(F)F)ccc(F)c2c1Cl. The number of alkyl halides is 3. The first-order chi connectivity index (χ1) is 8.23. The van der Waals surface area contributed by atoms with E-state index >= 15 is 0 Å². The van der Waals surface area contributed by atoms with Gasteiger partial charge in [0.05, 0.1) is 15.3 Å². The fourth-order valence-corrected chi connectivity index (χ4v) is 3.01. The van der Waals surface area contributed by atoms with Gasteiger partial charge >= 0.3 is 12.1 Å². The molecule has 0 saturated carbocycles. The van der Waals surface area contributed by atoms with E-state index in [0.29, 0.717) is 23.5 Å². The van der Waals surface area contributed by atoms with Crippen LogP contribution in [0, 0.1) is 5.82 Å². The van der Waals surface area contributed by atoms with E-state index in [0.717, 1.165) is 0 Å². The summed E-state index contributed by atoms with van der Waals surface area (Å²) in [5.74, 6) is -2.47. The molecule has 1 heterocycles. The van der Waals surface area contributed by atoms with Crippen LogP contribution in [0.2, 0.25) is 5.02 Å². The number of carbonyl (C=O) groups is 1. The van der Waals surface area contributed by atoms with E-state index in [1.807, 2.05) is 0 Å². The molecule has 1 aromatic carbocycles. The molecular formula is C10H3ClF4O2S. The van der Waals surface area contributed by atoms with Crippen LogP contribution in [0.15, 0.2) is 12.1 Å². The predicted molar refractivity (Wildman–Crippen MR) is 58.8 cm³/mol. The molecule has 2 nitrogen and oxygen atoms in total. The van der Waals surface area contributed by atoms with Crippen LogP contribution in [0.3, 0.4) is 0 Å². The molecule has 0 amide bonds. The van der Waals surface area contributed by atoms with Crippen molar-refractivity contribution in [2.75, 3.05) is 0 Å². The van der Waals surface area contributed by atoms with Crippen molar-refractivity contribution < 1.29 is 27.5 Å². The van der Waals surface area contributed by atoms with E-state index in [4.69, 9.17) is 16.7 Å². The maximum Gasteiger partial charge on any atom is 0.417 e. The summed E-state index contributed by atoms with van der Waals surface area (Å²) in [5, 5.41) is 7.76. The van der Waals surface area contributed by atoms with Gasteiger partial charge in [-0.05, 0) is 12.1 Å². The van der Waals surface area contributed by atoms with Crippen LogP contribution in [0.4, 0.5) is 17.6 Å². The third-order valence-electron chi connectivity index (χ3n) is 2.23. The molecule has 2 rings (SSSR count). The van der Waals surface area contributed by atoms with Crippen LogP contribution in [0.5, 0.6) is 0 Å². The molecule has 1 aromatic heterocycles. The van der Waals surface area contributed by atoms with Gasteiger partial charge in [0.1, 0.15) is 10.7 Å². The molecule has 0 aliphatic carbocycles. The van der Waals surface area contributed by atoms with Crippen molar-refractivity contribution in [3.63, 3.8) is 0 Å². The predicted octanol–water partition coefficient (Wildman–Crippen LogP) is 4.41. The van der Waals surface area contributed by atoms with E-state index in [1.165, 1.54) is 0 Å². The van der Waals surface area contributed by atoms with Gasteiger partial charge in [-0.2, -0.15) is 13.2 Å². The molecule has 0 aliphatic heterocycles. The molecular weight excluding hydrogens is 296 g/mol. The van der Waals surface area contributed by atoms with Crippen LogP contribution in [0.1, 0.15) is 15.2 Å². The molecule has 0 radical (unpaired) electrons. The van der Waals surface area contributed by atoms with Crippen molar-refractivity contribution in [2.45, 2.75) is 6.18 Å². The summed E-state index contributed by atoms with van der Waals surface area (Å²) in [6.45, 7) is 0. The number of benzene rings is 1. The van der Waals surface area contributed by atoms with Crippen molar-refractivity contribution in [3.05, 3.63) is 33.4 Å². The van der Waals surface area contributed by atoms with E-state index in [9.17, 15) is 22.4 Å². The Hall–Kier alpha value is -1.34. The Morgan fingerprint density at radius 1 is 1.33 bits per heavy atom. The molecule has 1 N–H and O–H groups in total. The molecule has 0 saturated heterocycles. The van der Waals surface area contributed by atoms with Gasteiger partial charge in [0.15, 0.2) is 0 Å². The molecule has 0 fully saturated rings. The summed E-state index contributed by atoms with van der Waals surface area (Å²) in [7, 11) is 0. The molecule has 2 aromatic rings. The van der Waals surface area contributed by atoms with Gasteiger partial charge in [-0.3, -0.25) is 0 Å². The lowest BCUT2D eigenvalue weighted by Gasteiger charge is -2.07. The summed E-state index contributed by atoms with van der Waals surface area (Å²) in [6.07, 6.45) is -4.70. The Labute approximate surface area is 106 Å². The van der Waals surface area contributed by atoms with Crippen molar-refractivity contribution in [3.8, 4) is 0 Å². The monoisotopic (exact) mass is 298 g/mol. The standard InChI is InChI=1S/C10H3ClF4O2S/c11-6-5-4(12)2-1-3(10(13,14)15)7(5)18-8(6)9(16)17/h1-2H,(H,16,17). The second-order valence-electron chi connectivity index (χ2n) is 3.35. The minimum absolute atomic E-state index is 0.308. The van der Waals surface area contributed by atoms with Crippen molar-refractivity contribution >= 4 is 39.0 Å². The van der Waals surface area contributed by atoms with Gasteiger partial charge in [-0.15, -0.1) is 11.3 Å². The highest BCUT2D eigenvalue weighted by atomic mass is 35.5. The summed E-state index contributed by atoms with van der Waals surface area (Å²) >= 11 is 5.91. The zero-order chi connectivity index (χ0) is 13.7. The molecule has 8 heteroatoms. The third kappa shape index (κ3) is 1.93. The molecule has 0 spiro atoms. The Morgan fingerprint density at radius 3 is 2.44 bits per heavy atom. The van der Waals surface area contributed by atoms with Crippen LogP contribution in [0.25, 0.3) is 10.1 Å². The normalized spacial score (nSPS) is 12.1. The van der Waals surface area contributed by atoms with E-state index in [2.05, 4.69) is 0 Å². The van der Waals surface area contributed by atoms with Crippen molar-refractivity contribution in [2.24, 2.45) is 0 Å². The molecule has 0 unspecified atom stereocenters.